The molecule has 2 aliphatic carbocycles. The molecule has 0 N–H and O–H groups in total. The number of amides is 1. The lowest BCUT2D eigenvalue weighted by Gasteiger charge is -2.36. The number of carbonyl (C=O) groups excluding carboxylic acids is 1. The van der Waals surface area contributed by atoms with Crippen LogP contribution in [0.15, 0.2) is 24.3 Å². The Morgan fingerprint density at radius 1 is 1.06 bits per heavy atom. The Labute approximate surface area is 191 Å². The van der Waals surface area contributed by atoms with Crippen LogP contribution < -0.4 is 4.90 Å². The normalized spacial score (nSPS) is 21.1. The summed E-state index contributed by atoms with van der Waals surface area (Å²) in [4.78, 5) is 29.8. The van der Waals surface area contributed by atoms with E-state index in [1.165, 1.54) is 47.2 Å². The van der Waals surface area contributed by atoms with Gasteiger partial charge in [-0.15, -0.1) is 11.3 Å². The zero-order chi connectivity index (χ0) is 21.8. The highest BCUT2D eigenvalue weighted by Crippen LogP contribution is 2.44. The number of anilines is 1. The summed E-state index contributed by atoms with van der Waals surface area (Å²) in [7, 11) is 0. The summed E-state index contributed by atoms with van der Waals surface area (Å²) in [6, 6.07) is 5.83. The van der Waals surface area contributed by atoms with Crippen molar-refractivity contribution in [2.24, 2.45) is 5.92 Å². The molecule has 1 amide bonds. The highest BCUT2D eigenvalue weighted by atomic mass is 32.1. The van der Waals surface area contributed by atoms with Gasteiger partial charge in [0.2, 0.25) is 0 Å². The third kappa shape index (κ3) is 3.56. The smallest absolute Gasteiger partial charge is 0.253 e. The first-order valence-electron chi connectivity index (χ1n) is 11.7. The lowest BCUT2D eigenvalue weighted by atomic mass is 9.89. The largest absolute Gasteiger partial charge is 0.352 e. The Morgan fingerprint density at radius 2 is 1.81 bits per heavy atom. The lowest BCUT2D eigenvalue weighted by Crippen LogP contribution is -2.49. The summed E-state index contributed by atoms with van der Waals surface area (Å²) in [6.07, 6.45) is 5.86. The maximum atomic E-state index is 13.2. The van der Waals surface area contributed by atoms with Crippen molar-refractivity contribution in [3.63, 3.8) is 0 Å². The minimum absolute atomic E-state index is 0.0296. The molecule has 2 fully saturated rings. The van der Waals surface area contributed by atoms with Crippen molar-refractivity contribution in [2.45, 2.75) is 44.9 Å². The molecule has 0 bridgehead atoms. The van der Waals surface area contributed by atoms with Crippen LogP contribution in [0, 0.1) is 11.7 Å². The molecule has 5 nitrogen and oxygen atoms in total. The van der Waals surface area contributed by atoms with E-state index in [1.54, 1.807) is 12.1 Å². The molecular formula is C25H27FN4OS. The average Bonchev–Trinajstić information content (AvgIpc) is 3.59. The summed E-state index contributed by atoms with van der Waals surface area (Å²) >= 11 is 1.87. The second-order valence-corrected chi connectivity index (χ2v) is 10.6. The van der Waals surface area contributed by atoms with Gasteiger partial charge in [-0.1, -0.05) is 6.92 Å². The third-order valence-corrected chi connectivity index (χ3v) is 8.20. The minimum atomic E-state index is -0.320. The van der Waals surface area contributed by atoms with Gasteiger partial charge in [0.05, 0.1) is 5.39 Å². The van der Waals surface area contributed by atoms with Crippen molar-refractivity contribution >= 4 is 33.3 Å². The summed E-state index contributed by atoms with van der Waals surface area (Å²) in [5.74, 6) is 2.98. The van der Waals surface area contributed by atoms with E-state index in [2.05, 4.69) is 11.8 Å². The first-order valence-corrected chi connectivity index (χ1v) is 12.5. The number of benzene rings is 1. The highest BCUT2D eigenvalue weighted by Gasteiger charge is 2.32. The first kappa shape index (κ1) is 20.1. The number of carbonyl (C=O) groups is 1. The number of hydrogen-bond acceptors (Lipinski definition) is 5. The van der Waals surface area contributed by atoms with E-state index in [4.69, 9.17) is 9.97 Å². The number of rotatable bonds is 3. The molecule has 0 radical (unpaired) electrons. The summed E-state index contributed by atoms with van der Waals surface area (Å²) in [5.41, 5.74) is 2.01. The Bertz CT molecular complexity index is 1180. The van der Waals surface area contributed by atoms with Gasteiger partial charge in [-0.2, -0.15) is 0 Å². The molecule has 32 heavy (non-hydrogen) atoms. The van der Waals surface area contributed by atoms with Gasteiger partial charge in [-0.25, -0.2) is 14.4 Å². The SMILES string of the molecule is C[C@H]1CCc2c(sc3nc(C4CC4)nc(N4CCN(C(=O)c5ccc(F)cc5)CC4)c23)C1. The first-order chi connectivity index (χ1) is 15.6. The summed E-state index contributed by atoms with van der Waals surface area (Å²) < 4.78 is 13.2. The van der Waals surface area contributed by atoms with Gasteiger partial charge in [0.1, 0.15) is 22.3 Å². The molecule has 3 heterocycles. The van der Waals surface area contributed by atoms with Crippen molar-refractivity contribution in [1.29, 1.82) is 0 Å². The molecule has 166 valence electrons. The van der Waals surface area contributed by atoms with E-state index in [9.17, 15) is 9.18 Å². The monoisotopic (exact) mass is 450 g/mol. The van der Waals surface area contributed by atoms with Gasteiger partial charge < -0.3 is 9.80 Å². The Balaban J connectivity index is 1.29. The van der Waals surface area contributed by atoms with E-state index in [1.807, 2.05) is 16.2 Å². The number of halogens is 1. The van der Waals surface area contributed by atoms with Crippen LogP contribution in [0.2, 0.25) is 0 Å². The van der Waals surface area contributed by atoms with Crippen molar-refractivity contribution in [1.82, 2.24) is 14.9 Å². The van der Waals surface area contributed by atoms with E-state index in [-0.39, 0.29) is 11.7 Å². The molecule has 2 aromatic heterocycles. The molecule has 6 rings (SSSR count). The molecule has 7 heteroatoms. The molecule has 3 aliphatic rings. The summed E-state index contributed by atoms with van der Waals surface area (Å²) in [6.45, 7) is 5.13. The van der Waals surface area contributed by atoms with Crippen LogP contribution in [-0.4, -0.2) is 47.0 Å². The van der Waals surface area contributed by atoms with E-state index < -0.39 is 0 Å². The van der Waals surface area contributed by atoms with Gasteiger partial charge in [0.15, 0.2) is 0 Å². The van der Waals surface area contributed by atoms with Gasteiger partial charge in [-0.3, -0.25) is 4.79 Å². The molecule has 1 saturated heterocycles. The topological polar surface area (TPSA) is 49.3 Å². The van der Waals surface area contributed by atoms with Gasteiger partial charge in [0.25, 0.3) is 5.91 Å². The van der Waals surface area contributed by atoms with Gasteiger partial charge >= 0.3 is 0 Å². The fourth-order valence-corrected chi connectivity index (χ4v) is 6.37. The van der Waals surface area contributed by atoms with Gasteiger partial charge in [-0.05, 0) is 67.9 Å². The Hall–Kier alpha value is -2.54. The number of fused-ring (bicyclic) bond motifs is 3. The van der Waals surface area contributed by atoms with E-state index >= 15 is 0 Å². The molecule has 1 aliphatic heterocycles. The van der Waals surface area contributed by atoms with Crippen molar-refractivity contribution < 1.29 is 9.18 Å². The standard InChI is InChI=1S/C25H27FN4OS/c1-15-2-9-19-20(14-15)32-24-21(19)23(27-22(28-24)16-3-4-16)29-10-12-30(13-11-29)25(31)17-5-7-18(26)8-6-17/h5-8,15-16H,2-4,9-14H2,1H3/t15-/m0/s1. The molecular weight excluding hydrogens is 423 g/mol. The average molecular weight is 451 g/mol. The maximum Gasteiger partial charge on any atom is 0.253 e. The predicted molar refractivity (Wildman–Crippen MR) is 125 cm³/mol. The van der Waals surface area contributed by atoms with Crippen LogP contribution in [0.4, 0.5) is 10.2 Å². The lowest BCUT2D eigenvalue weighted by molar-refractivity contribution is 0.0746. The number of piperazine rings is 1. The van der Waals surface area contributed by atoms with Gasteiger partial charge in [0, 0.05) is 42.5 Å². The molecule has 1 aromatic carbocycles. The number of nitrogens with zero attached hydrogens (tertiary/aromatic N) is 4. The second-order valence-electron chi connectivity index (χ2n) is 9.50. The fraction of sp³-hybridized carbons (Fsp3) is 0.480. The second kappa shape index (κ2) is 7.80. The third-order valence-electron chi connectivity index (χ3n) is 7.05. The Kier molecular flexibility index (Phi) is 4.90. The van der Waals surface area contributed by atoms with Crippen LogP contribution >= 0.6 is 11.3 Å². The van der Waals surface area contributed by atoms with Crippen LogP contribution in [0.5, 0.6) is 0 Å². The summed E-state index contributed by atoms with van der Waals surface area (Å²) in [5, 5.41) is 1.26. The van der Waals surface area contributed by atoms with E-state index in [0.717, 1.165) is 48.3 Å². The number of aromatic nitrogens is 2. The van der Waals surface area contributed by atoms with Crippen LogP contribution in [0.1, 0.15) is 58.7 Å². The molecule has 3 aromatic rings. The molecule has 1 atom stereocenters. The fourth-order valence-electron chi connectivity index (χ4n) is 4.99. The molecule has 1 saturated carbocycles. The minimum Gasteiger partial charge on any atom is -0.352 e. The predicted octanol–water partition coefficient (Wildman–Crippen LogP) is 4.80. The van der Waals surface area contributed by atoms with Crippen LogP contribution in [-0.2, 0) is 12.8 Å². The van der Waals surface area contributed by atoms with Crippen molar-refractivity contribution in [3.8, 4) is 0 Å². The molecule has 0 spiro atoms. The number of hydrogen-bond donors (Lipinski definition) is 0. The number of aryl methyl sites for hydroxylation is 1. The van der Waals surface area contributed by atoms with Crippen molar-refractivity contribution in [3.05, 3.63) is 51.9 Å². The van der Waals surface area contributed by atoms with E-state index in [0.29, 0.717) is 24.6 Å². The maximum absolute atomic E-state index is 13.2. The van der Waals surface area contributed by atoms with Crippen molar-refractivity contribution in [2.75, 3.05) is 31.1 Å². The zero-order valence-electron chi connectivity index (χ0n) is 18.3. The highest BCUT2D eigenvalue weighted by molar-refractivity contribution is 7.19. The number of thiophene rings is 1. The molecule has 0 unspecified atom stereocenters. The van der Waals surface area contributed by atoms with Crippen LogP contribution in [0.3, 0.4) is 0 Å². The Morgan fingerprint density at radius 3 is 2.53 bits per heavy atom. The zero-order valence-corrected chi connectivity index (χ0v) is 19.1. The van der Waals surface area contributed by atoms with Crippen LogP contribution in [0.25, 0.3) is 10.2 Å². The quantitative estimate of drug-likeness (QED) is 0.575.